The van der Waals surface area contributed by atoms with Crippen LogP contribution < -0.4 is 4.87 Å². The van der Waals surface area contributed by atoms with Crippen molar-refractivity contribution >= 4 is 23.1 Å². The zero-order valence-corrected chi connectivity index (χ0v) is 16.5. The van der Waals surface area contributed by atoms with Gasteiger partial charge in [-0.1, -0.05) is 42.1 Å². The van der Waals surface area contributed by atoms with Crippen LogP contribution in [0.25, 0.3) is 0 Å². The Morgan fingerprint density at radius 2 is 2.04 bits per heavy atom. The molecule has 0 radical (unpaired) electrons. The Bertz CT molecular complexity index is 756. The van der Waals surface area contributed by atoms with Gasteiger partial charge in [-0.2, -0.15) is 0 Å². The molecule has 0 spiro atoms. The van der Waals surface area contributed by atoms with E-state index in [1.807, 2.05) is 6.08 Å². The van der Waals surface area contributed by atoms with E-state index in [2.05, 4.69) is 18.0 Å². The molecule has 0 saturated heterocycles. The highest BCUT2D eigenvalue weighted by atomic mass is 32.1. The van der Waals surface area contributed by atoms with Crippen LogP contribution in [0.4, 0.5) is 0 Å². The van der Waals surface area contributed by atoms with E-state index < -0.39 is 12.1 Å². The second-order valence-electron chi connectivity index (χ2n) is 6.57. The fraction of sp³-hybridized carbons (Fsp3) is 0.450. The van der Waals surface area contributed by atoms with E-state index in [1.165, 1.54) is 17.5 Å². The summed E-state index contributed by atoms with van der Waals surface area (Å²) in [7, 11) is 0. The Kier molecular flexibility index (Phi) is 10.3. The van der Waals surface area contributed by atoms with Crippen LogP contribution in [0.3, 0.4) is 0 Å². The molecule has 1 aromatic heterocycles. The summed E-state index contributed by atoms with van der Waals surface area (Å²) in [6.07, 6.45) is 11.1. The smallest absolute Gasteiger partial charge is 0.328 e. The van der Waals surface area contributed by atoms with Crippen molar-refractivity contribution in [2.45, 2.75) is 52.1 Å². The molecule has 0 aliphatic heterocycles. The quantitative estimate of drug-likeness (QED) is 0.285. The summed E-state index contributed by atoms with van der Waals surface area (Å²) in [6.45, 7) is 3.87. The second-order valence-corrected chi connectivity index (χ2v) is 7.41. The number of aromatic nitrogens is 1. The highest BCUT2D eigenvalue weighted by Crippen LogP contribution is 2.13. The van der Waals surface area contributed by atoms with E-state index in [9.17, 15) is 19.5 Å². The Labute approximate surface area is 162 Å². The third-order valence-electron chi connectivity index (χ3n) is 3.96. The molecule has 0 unspecified atom stereocenters. The number of carboxylic acids is 1. The molecule has 2 atom stereocenters. The Morgan fingerprint density at radius 3 is 2.67 bits per heavy atom. The molecule has 27 heavy (non-hydrogen) atoms. The minimum Gasteiger partial charge on any atom is -0.478 e. The molecule has 0 fully saturated rings. The number of carbonyl (C=O) groups is 2. The van der Waals surface area contributed by atoms with Crippen LogP contribution in [-0.2, 0) is 4.79 Å². The van der Waals surface area contributed by atoms with Gasteiger partial charge in [0.1, 0.15) is 0 Å². The summed E-state index contributed by atoms with van der Waals surface area (Å²) in [4.78, 5) is 35.5. The zero-order valence-electron chi connectivity index (χ0n) is 15.7. The maximum absolute atomic E-state index is 11.8. The van der Waals surface area contributed by atoms with Crippen LogP contribution in [0, 0.1) is 5.92 Å². The maximum atomic E-state index is 11.8. The van der Waals surface area contributed by atoms with Crippen LogP contribution in [-0.4, -0.2) is 33.1 Å². The molecule has 1 aromatic rings. The number of aliphatic carboxylic acids is 1. The van der Waals surface area contributed by atoms with Gasteiger partial charge in [-0.25, -0.2) is 4.79 Å². The average Bonchev–Trinajstić information content (AvgIpc) is 3.02. The van der Waals surface area contributed by atoms with E-state index in [0.29, 0.717) is 25.2 Å². The Morgan fingerprint density at radius 1 is 1.30 bits per heavy atom. The molecule has 0 bridgehead atoms. The van der Waals surface area contributed by atoms with Gasteiger partial charge in [-0.05, 0) is 51.0 Å². The number of carbonyl (C=O) groups excluding carboxylic acids is 1. The number of aromatic amines is 1. The van der Waals surface area contributed by atoms with Crippen molar-refractivity contribution in [2.75, 3.05) is 0 Å². The van der Waals surface area contributed by atoms with Gasteiger partial charge in [0, 0.05) is 11.5 Å². The van der Waals surface area contributed by atoms with Crippen molar-refractivity contribution in [3.05, 3.63) is 56.7 Å². The molecule has 0 aliphatic rings. The summed E-state index contributed by atoms with van der Waals surface area (Å²) in [5, 5.41) is 20.1. The number of hydrogen-bond acceptors (Lipinski definition) is 5. The summed E-state index contributed by atoms with van der Waals surface area (Å²) in [5.74, 6) is -0.882. The molecule has 0 aliphatic carbocycles. The first-order valence-corrected chi connectivity index (χ1v) is 9.79. The van der Waals surface area contributed by atoms with Gasteiger partial charge >= 0.3 is 10.8 Å². The van der Waals surface area contributed by atoms with Crippen LogP contribution in [0.5, 0.6) is 0 Å². The molecule has 1 heterocycles. The van der Waals surface area contributed by atoms with Crippen LogP contribution >= 0.6 is 11.3 Å². The van der Waals surface area contributed by atoms with Gasteiger partial charge < -0.3 is 15.2 Å². The second kappa shape index (κ2) is 12.2. The molecule has 7 heteroatoms. The average molecular weight is 394 g/mol. The van der Waals surface area contributed by atoms with Gasteiger partial charge in [-0.3, -0.25) is 9.59 Å². The maximum Gasteiger partial charge on any atom is 0.328 e. The summed E-state index contributed by atoms with van der Waals surface area (Å²) in [6, 6.07) is 0. The number of rotatable bonds is 12. The number of carboxylic acid groups (broad SMARTS) is 1. The Balaban J connectivity index is 2.24. The standard InChI is InChI=1S/C20H27NO5S/c1-14(6-3-4-7-15(2)12-19(24)25)10-11-16(22)8-5-9-18(23)17-13-27-20(26)21-17/h3,5-6,9,12-14,16,22H,4,7-8,10-11H2,1-2H3,(H,21,26)(H,24,25)/b6-3-,9-5+,15-12-/t14-,16-/m1/s1. The predicted octanol–water partition coefficient (Wildman–Crippen LogP) is 3.71. The molecule has 0 saturated carbocycles. The lowest BCUT2D eigenvalue weighted by Crippen LogP contribution is -2.07. The van der Waals surface area contributed by atoms with Gasteiger partial charge in [0.25, 0.3) is 0 Å². The number of allylic oxidation sites excluding steroid dienone is 4. The van der Waals surface area contributed by atoms with Crippen LogP contribution in [0.2, 0.25) is 0 Å². The van der Waals surface area contributed by atoms with E-state index >= 15 is 0 Å². The molecule has 3 N–H and O–H groups in total. The molecular formula is C20H27NO5S. The van der Waals surface area contributed by atoms with Gasteiger partial charge in [-0.15, -0.1) is 0 Å². The third kappa shape index (κ3) is 10.5. The Hall–Kier alpha value is -2.25. The molecule has 0 aromatic carbocycles. The number of nitrogens with one attached hydrogen (secondary N) is 1. The first-order valence-electron chi connectivity index (χ1n) is 8.91. The zero-order chi connectivity index (χ0) is 20.2. The topological polar surface area (TPSA) is 107 Å². The van der Waals surface area contributed by atoms with Gasteiger partial charge in [0.15, 0.2) is 0 Å². The molecule has 1 rings (SSSR count). The highest BCUT2D eigenvalue weighted by molar-refractivity contribution is 7.07. The number of hydrogen-bond donors (Lipinski definition) is 3. The first-order chi connectivity index (χ1) is 12.8. The summed E-state index contributed by atoms with van der Waals surface area (Å²) >= 11 is 0.945. The van der Waals surface area contributed by atoms with Crippen molar-refractivity contribution in [1.29, 1.82) is 0 Å². The minimum atomic E-state index is -0.918. The molecule has 0 amide bonds. The fourth-order valence-corrected chi connectivity index (χ4v) is 2.98. The van der Waals surface area contributed by atoms with Crippen molar-refractivity contribution in [1.82, 2.24) is 4.98 Å². The van der Waals surface area contributed by atoms with E-state index in [1.54, 1.807) is 13.0 Å². The SMILES string of the molecule is C/C(=C/C(=O)O)CC/C=C\[C@@H](C)CC[C@H](O)C/C=C/C(=O)c1csc(=O)[nH]1. The lowest BCUT2D eigenvalue weighted by molar-refractivity contribution is -0.131. The lowest BCUT2D eigenvalue weighted by atomic mass is 10.00. The van der Waals surface area contributed by atoms with E-state index in [0.717, 1.165) is 29.8 Å². The predicted molar refractivity (Wildman–Crippen MR) is 107 cm³/mol. The third-order valence-corrected chi connectivity index (χ3v) is 4.63. The molecule has 6 nitrogen and oxygen atoms in total. The van der Waals surface area contributed by atoms with Crippen molar-refractivity contribution in [3.63, 3.8) is 0 Å². The van der Waals surface area contributed by atoms with Crippen LogP contribution in [0.15, 0.2) is 46.1 Å². The largest absolute Gasteiger partial charge is 0.478 e. The highest BCUT2D eigenvalue weighted by Gasteiger charge is 2.07. The summed E-state index contributed by atoms with van der Waals surface area (Å²) < 4.78 is 0. The van der Waals surface area contributed by atoms with Gasteiger partial charge in [0.2, 0.25) is 5.78 Å². The van der Waals surface area contributed by atoms with E-state index in [4.69, 9.17) is 5.11 Å². The normalized spacial score (nSPS) is 14.7. The summed E-state index contributed by atoms with van der Waals surface area (Å²) in [5.41, 5.74) is 1.10. The number of thiazole rings is 1. The van der Waals surface area contributed by atoms with E-state index in [-0.39, 0.29) is 16.4 Å². The van der Waals surface area contributed by atoms with Crippen molar-refractivity contribution in [2.24, 2.45) is 5.92 Å². The first kappa shape index (κ1) is 22.8. The van der Waals surface area contributed by atoms with Crippen molar-refractivity contribution < 1.29 is 19.8 Å². The van der Waals surface area contributed by atoms with Crippen LogP contribution in [0.1, 0.15) is 56.4 Å². The molecular weight excluding hydrogens is 366 g/mol. The minimum absolute atomic E-state index is 0.262. The fourth-order valence-electron chi connectivity index (χ4n) is 2.41. The number of ketones is 1. The lowest BCUT2D eigenvalue weighted by Gasteiger charge is -2.10. The molecule has 148 valence electrons. The number of aliphatic hydroxyl groups excluding tert-OH is 1. The number of H-pyrrole nitrogens is 1. The monoisotopic (exact) mass is 393 g/mol. The number of aliphatic hydroxyl groups is 1. The van der Waals surface area contributed by atoms with Crippen molar-refractivity contribution in [3.8, 4) is 0 Å². The van der Waals surface area contributed by atoms with Gasteiger partial charge in [0.05, 0.1) is 11.8 Å².